The maximum Gasteiger partial charge on any atom is 0.177 e. The first-order chi connectivity index (χ1) is 17.8. The van der Waals surface area contributed by atoms with Gasteiger partial charge in [0, 0.05) is 20.8 Å². The van der Waals surface area contributed by atoms with Crippen LogP contribution in [-0.2, 0) is 5.54 Å². The van der Waals surface area contributed by atoms with Crippen LogP contribution in [0.25, 0.3) is 6.08 Å². The summed E-state index contributed by atoms with van der Waals surface area (Å²) in [4.78, 5) is 0. The standard InChI is InChI=1S/C30H38Cl3N5/c1-28(2,3)21-15-17-30(18-16-21,34-24-12-10-22(31)11-13-24)27-35-36-37-38(27)26(29(4,5)6)14-8-20-7-9-23(32)19-25(20)33/h7-14,19,21,26,34H,15-18H2,1-6H3. The molecule has 0 aliphatic heterocycles. The molecule has 1 atom stereocenters. The smallest absolute Gasteiger partial charge is 0.177 e. The predicted octanol–water partition coefficient (Wildman–Crippen LogP) is 9.48. The normalized spacial score (nSPS) is 21.6. The maximum absolute atomic E-state index is 6.48. The largest absolute Gasteiger partial charge is 0.373 e. The summed E-state index contributed by atoms with van der Waals surface area (Å²) < 4.78 is 2.00. The number of allylic oxidation sites excluding steroid dienone is 1. The summed E-state index contributed by atoms with van der Waals surface area (Å²) in [5.74, 6) is 1.49. The Morgan fingerprint density at radius 3 is 2.16 bits per heavy atom. The second-order valence-electron chi connectivity index (χ2n) is 12.6. The molecular weight excluding hydrogens is 537 g/mol. The van der Waals surface area contributed by atoms with Crippen LogP contribution >= 0.6 is 34.8 Å². The van der Waals surface area contributed by atoms with Crippen molar-refractivity contribution >= 4 is 46.6 Å². The lowest BCUT2D eigenvalue weighted by Gasteiger charge is -2.45. The molecule has 8 heteroatoms. The van der Waals surface area contributed by atoms with Crippen molar-refractivity contribution in [3.63, 3.8) is 0 Å². The second-order valence-corrected chi connectivity index (χ2v) is 13.9. The first-order valence-electron chi connectivity index (χ1n) is 13.2. The lowest BCUT2D eigenvalue weighted by Crippen LogP contribution is -2.44. The van der Waals surface area contributed by atoms with Gasteiger partial charge in [0.1, 0.15) is 0 Å². The summed E-state index contributed by atoms with van der Waals surface area (Å²) in [6.45, 7) is 13.6. The number of hydrogen-bond donors (Lipinski definition) is 1. The number of hydrogen-bond acceptors (Lipinski definition) is 4. The molecular formula is C30H38Cl3N5. The van der Waals surface area contributed by atoms with Gasteiger partial charge in [0.25, 0.3) is 0 Å². The first kappa shape index (κ1) is 28.9. The number of benzene rings is 2. The van der Waals surface area contributed by atoms with Gasteiger partial charge in [-0.3, -0.25) is 0 Å². The molecule has 1 unspecified atom stereocenters. The van der Waals surface area contributed by atoms with E-state index >= 15 is 0 Å². The molecule has 1 aliphatic rings. The van der Waals surface area contributed by atoms with Crippen molar-refractivity contribution in [2.24, 2.45) is 16.7 Å². The van der Waals surface area contributed by atoms with E-state index in [0.29, 0.717) is 21.0 Å². The number of nitrogens with zero attached hydrogens (tertiary/aromatic N) is 4. The highest BCUT2D eigenvalue weighted by Gasteiger charge is 2.45. The Hall–Kier alpha value is -2.08. The van der Waals surface area contributed by atoms with E-state index in [1.165, 1.54) is 0 Å². The number of aromatic nitrogens is 4. The zero-order valence-corrected chi connectivity index (χ0v) is 25.4. The zero-order valence-electron chi connectivity index (χ0n) is 23.1. The van der Waals surface area contributed by atoms with Crippen LogP contribution in [0, 0.1) is 16.7 Å². The van der Waals surface area contributed by atoms with E-state index < -0.39 is 5.54 Å². The van der Waals surface area contributed by atoms with Gasteiger partial charge in [-0.15, -0.1) is 5.10 Å². The minimum atomic E-state index is -0.408. The number of tetrazole rings is 1. The molecule has 1 N–H and O–H groups in total. The highest BCUT2D eigenvalue weighted by Crippen LogP contribution is 2.47. The van der Waals surface area contributed by atoms with Crippen molar-refractivity contribution in [3.8, 4) is 0 Å². The molecule has 3 aromatic rings. The van der Waals surface area contributed by atoms with Gasteiger partial charge in [-0.05, 0) is 94.8 Å². The van der Waals surface area contributed by atoms with Crippen molar-refractivity contribution in [1.29, 1.82) is 0 Å². The van der Waals surface area contributed by atoms with Crippen LogP contribution in [0.4, 0.5) is 5.69 Å². The molecule has 5 nitrogen and oxygen atoms in total. The van der Waals surface area contributed by atoms with Crippen LogP contribution in [0.1, 0.15) is 84.7 Å². The highest BCUT2D eigenvalue weighted by atomic mass is 35.5. The molecule has 1 saturated carbocycles. The Kier molecular flexibility index (Phi) is 8.52. The molecule has 0 bridgehead atoms. The van der Waals surface area contributed by atoms with Crippen molar-refractivity contribution in [2.75, 3.05) is 5.32 Å². The summed E-state index contributed by atoms with van der Waals surface area (Å²) in [7, 11) is 0. The summed E-state index contributed by atoms with van der Waals surface area (Å²) in [6.07, 6.45) is 8.23. The third-order valence-electron chi connectivity index (χ3n) is 7.78. The fourth-order valence-corrected chi connectivity index (χ4v) is 6.05. The third-order valence-corrected chi connectivity index (χ3v) is 8.60. The third kappa shape index (κ3) is 6.55. The van der Waals surface area contributed by atoms with Gasteiger partial charge in [-0.1, -0.05) is 94.6 Å². The van der Waals surface area contributed by atoms with E-state index in [-0.39, 0.29) is 16.9 Å². The number of halogens is 3. The van der Waals surface area contributed by atoms with Gasteiger partial charge >= 0.3 is 0 Å². The van der Waals surface area contributed by atoms with E-state index in [2.05, 4.69) is 68.5 Å². The fourth-order valence-electron chi connectivity index (χ4n) is 5.46. The average molecular weight is 575 g/mol. The van der Waals surface area contributed by atoms with Gasteiger partial charge in [0.2, 0.25) is 0 Å². The minimum Gasteiger partial charge on any atom is -0.373 e. The monoisotopic (exact) mass is 573 g/mol. The molecule has 1 aliphatic carbocycles. The number of nitrogens with one attached hydrogen (secondary N) is 1. The Morgan fingerprint density at radius 1 is 0.947 bits per heavy atom. The lowest BCUT2D eigenvalue weighted by molar-refractivity contribution is 0.133. The van der Waals surface area contributed by atoms with Crippen molar-refractivity contribution in [2.45, 2.75) is 78.8 Å². The molecule has 0 spiro atoms. The lowest BCUT2D eigenvalue weighted by atomic mass is 9.67. The van der Waals surface area contributed by atoms with Crippen molar-refractivity contribution in [3.05, 3.63) is 75.0 Å². The van der Waals surface area contributed by atoms with Crippen LogP contribution in [-0.4, -0.2) is 20.2 Å². The van der Waals surface area contributed by atoms with Crippen LogP contribution in [0.2, 0.25) is 15.1 Å². The Labute approximate surface area is 241 Å². The van der Waals surface area contributed by atoms with Crippen LogP contribution in [0.3, 0.4) is 0 Å². The molecule has 0 saturated heterocycles. The number of rotatable bonds is 6. The molecule has 2 aromatic carbocycles. The summed E-state index contributed by atoms with van der Waals surface area (Å²) in [5, 5.41) is 19.2. The van der Waals surface area contributed by atoms with Crippen molar-refractivity contribution in [1.82, 2.24) is 20.2 Å². The van der Waals surface area contributed by atoms with E-state index in [0.717, 1.165) is 42.8 Å². The number of anilines is 1. The highest BCUT2D eigenvalue weighted by molar-refractivity contribution is 6.35. The molecule has 204 valence electrons. The van der Waals surface area contributed by atoms with Crippen molar-refractivity contribution < 1.29 is 0 Å². The zero-order chi connectivity index (χ0) is 27.7. The molecule has 1 aromatic heterocycles. The van der Waals surface area contributed by atoms with E-state index in [9.17, 15) is 0 Å². The average Bonchev–Trinajstić information content (AvgIpc) is 3.31. The molecule has 1 heterocycles. The Morgan fingerprint density at radius 2 is 1.58 bits per heavy atom. The Balaban J connectivity index is 1.75. The minimum absolute atomic E-state index is 0.108. The van der Waals surface area contributed by atoms with E-state index in [1.54, 1.807) is 6.07 Å². The second kappa shape index (κ2) is 11.2. The van der Waals surface area contributed by atoms with Gasteiger partial charge in [-0.25, -0.2) is 4.68 Å². The molecule has 0 amide bonds. The predicted molar refractivity (Wildman–Crippen MR) is 160 cm³/mol. The van der Waals surface area contributed by atoms with Gasteiger partial charge in [0.05, 0.1) is 11.6 Å². The SMILES string of the molecule is CC(C)(C)C1CCC(Nc2ccc(Cl)cc2)(c2nnnn2C(C=Cc2ccc(Cl)cc2Cl)C(C)(C)C)CC1. The van der Waals surface area contributed by atoms with Crippen LogP contribution in [0.5, 0.6) is 0 Å². The van der Waals surface area contributed by atoms with Gasteiger partial charge in [0.15, 0.2) is 5.82 Å². The van der Waals surface area contributed by atoms with Crippen LogP contribution < -0.4 is 5.32 Å². The van der Waals surface area contributed by atoms with Gasteiger partial charge in [-0.2, -0.15) is 0 Å². The molecule has 1 fully saturated rings. The summed E-state index contributed by atoms with van der Waals surface area (Å²) in [5.41, 5.74) is 1.60. The summed E-state index contributed by atoms with van der Waals surface area (Å²) >= 11 is 18.8. The van der Waals surface area contributed by atoms with Gasteiger partial charge < -0.3 is 5.32 Å². The molecule has 38 heavy (non-hydrogen) atoms. The maximum atomic E-state index is 6.48. The van der Waals surface area contributed by atoms with E-state index in [4.69, 9.17) is 34.8 Å². The first-order valence-corrected chi connectivity index (χ1v) is 14.4. The molecule has 4 rings (SSSR count). The topological polar surface area (TPSA) is 55.6 Å². The van der Waals surface area contributed by atoms with E-state index in [1.807, 2.05) is 47.2 Å². The fraction of sp³-hybridized carbons (Fsp3) is 0.500. The Bertz CT molecular complexity index is 1260. The quantitative estimate of drug-likeness (QED) is 0.318. The molecule has 0 radical (unpaired) electrons. The van der Waals surface area contributed by atoms with Crippen LogP contribution in [0.15, 0.2) is 48.5 Å². The summed E-state index contributed by atoms with van der Waals surface area (Å²) in [6, 6.07) is 13.3.